The van der Waals surface area contributed by atoms with Gasteiger partial charge in [0.2, 0.25) is 5.95 Å². The van der Waals surface area contributed by atoms with E-state index in [1.54, 1.807) is 0 Å². The zero-order valence-corrected chi connectivity index (χ0v) is 9.70. The van der Waals surface area contributed by atoms with Crippen molar-refractivity contribution < 1.29 is 0 Å². The number of hydrogen-bond donors (Lipinski definition) is 3. The first-order chi connectivity index (χ1) is 7.72. The Kier molecular flexibility index (Phi) is 3.09. The second kappa shape index (κ2) is 4.52. The largest absolute Gasteiger partial charge is 0.370 e. The number of nitrogens with zero attached hydrogens (tertiary/aromatic N) is 3. The Morgan fingerprint density at radius 2 is 2.25 bits per heavy atom. The zero-order chi connectivity index (χ0) is 11.5. The highest BCUT2D eigenvalue weighted by Crippen LogP contribution is 2.21. The minimum Gasteiger partial charge on any atom is -0.370 e. The molecule has 0 aliphatic carbocycles. The molecule has 1 aromatic heterocycles. The van der Waals surface area contributed by atoms with Gasteiger partial charge in [-0.2, -0.15) is 9.97 Å². The summed E-state index contributed by atoms with van der Waals surface area (Å²) in [6, 6.07) is 2.49. The van der Waals surface area contributed by atoms with Gasteiger partial charge < -0.3 is 21.3 Å². The van der Waals surface area contributed by atoms with Crippen LogP contribution in [0.4, 0.5) is 17.6 Å². The predicted molar refractivity (Wildman–Crippen MR) is 65.7 cm³/mol. The van der Waals surface area contributed by atoms with E-state index in [1.807, 2.05) is 20.0 Å². The Balaban J connectivity index is 2.09. The van der Waals surface area contributed by atoms with Gasteiger partial charge in [0.15, 0.2) is 0 Å². The van der Waals surface area contributed by atoms with E-state index in [1.165, 1.54) is 0 Å². The van der Waals surface area contributed by atoms with Gasteiger partial charge in [-0.05, 0) is 14.0 Å². The number of aromatic nitrogens is 2. The van der Waals surface area contributed by atoms with Crippen LogP contribution in [0.5, 0.6) is 0 Å². The van der Waals surface area contributed by atoms with E-state index >= 15 is 0 Å². The molecular weight excluding hydrogens is 204 g/mol. The van der Waals surface area contributed by atoms with Crippen LogP contribution in [0.25, 0.3) is 0 Å². The van der Waals surface area contributed by atoms with E-state index in [0.717, 1.165) is 31.3 Å². The number of nitrogens with one attached hydrogen (secondary N) is 2. The maximum atomic E-state index is 5.67. The maximum Gasteiger partial charge on any atom is 0.223 e. The van der Waals surface area contributed by atoms with Crippen molar-refractivity contribution in [3.05, 3.63) is 6.07 Å². The van der Waals surface area contributed by atoms with Gasteiger partial charge in [-0.15, -0.1) is 0 Å². The van der Waals surface area contributed by atoms with Crippen LogP contribution in [0, 0.1) is 0 Å². The molecule has 1 aliphatic rings. The number of nitrogens with two attached hydrogens (primary N) is 1. The quantitative estimate of drug-likeness (QED) is 0.660. The molecule has 0 amide bonds. The average Bonchev–Trinajstić information content (AvgIpc) is 2.15. The lowest BCUT2D eigenvalue weighted by Gasteiger charge is -2.40. The van der Waals surface area contributed by atoms with Crippen molar-refractivity contribution in [2.24, 2.45) is 0 Å². The Morgan fingerprint density at radius 3 is 2.88 bits per heavy atom. The molecule has 6 nitrogen and oxygen atoms in total. The van der Waals surface area contributed by atoms with Crippen molar-refractivity contribution in [3.8, 4) is 0 Å². The van der Waals surface area contributed by atoms with Crippen molar-refractivity contribution in [1.29, 1.82) is 0 Å². The summed E-state index contributed by atoms with van der Waals surface area (Å²) < 4.78 is 0. The van der Waals surface area contributed by atoms with Gasteiger partial charge in [-0.3, -0.25) is 0 Å². The minimum atomic E-state index is 0.321. The Bertz CT molecular complexity index is 360. The van der Waals surface area contributed by atoms with E-state index in [2.05, 4.69) is 25.5 Å². The number of rotatable bonds is 4. The van der Waals surface area contributed by atoms with Crippen molar-refractivity contribution in [1.82, 2.24) is 15.3 Å². The van der Waals surface area contributed by atoms with Gasteiger partial charge in [0, 0.05) is 31.7 Å². The lowest BCUT2D eigenvalue weighted by Crippen LogP contribution is -2.57. The van der Waals surface area contributed by atoms with E-state index < -0.39 is 0 Å². The summed E-state index contributed by atoms with van der Waals surface area (Å²) in [5.74, 6) is 2.01. The molecule has 0 radical (unpaired) electrons. The molecule has 16 heavy (non-hydrogen) atoms. The third-order valence-electron chi connectivity index (χ3n) is 2.70. The van der Waals surface area contributed by atoms with Gasteiger partial charge >= 0.3 is 0 Å². The summed E-state index contributed by atoms with van der Waals surface area (Å²) in [7, 11) is 1.97. The number of anilines is 3. The van der Waals surface area contributed by atoms with Gasteiger partial charge in [-0.1, -0.05) is 0 Å². The molecule has 2 rings (SSSR count). The van der Waals surface area contributed by atoms with Gasteiger partial charge in [0.1, 0.15) is 11.6 Å². The first-order valence-corrected chi connectivity index (χ1v) is 5.53. The smallest absolute Gasteiger partial charge is 0.223 e. The second-order valence-electron chi connectivity index (χ2n) is 3.89. The first kappa shape index (κ1) is 10.9. The normalized spacial score (nSPS) is 16.0. The van der Waals surface area contributed by atoms with E-state index in [4.69, 9.17) is 5.73 Å². The number of hydrogen-bond acceptors (Lipinski definition) is 6. The molecule has 0 bridgehead atoms. The molecule has 88 valence electrons. The van der Waals surface area contributed by atoms with Crippen LogP contribution in [0.15, 0.2) is 6.07 Å². The molecule has 0 spiro atoms. The summed E-state index contributed by atoms with van der Waals surface area (Å²) in [5, 5.41) is 6.37. The highest BCUT2D eigenvalue weighted by Gasteiger charge is 2.26. The monoisotopic (exact) mass is 222 g/mol. The molecule has 0 saturated carbocycles. The third-order valence-corrected chi connectivity index (χ3v) is 2.70. The number of likely N-dealkylation sites (N-methyl/N-ethyl adjacent to an activating group) is 1. The summed E-state index contributed by atoms with van der Waals surface area (Å²) in [5.41, 5.74) is 5.67. The minimum absolute atomic E-state index is 0.321. The molecule has 1 fully saturated rings. The highest BCUT2D eigenvalue weighted by molar-refractivity contribution is 5.54. The van der Waals surface area contributed by atoms with E-state index in [-0.39, 0.29) is 0 Å². The van der Waals surface area contributed by atoms with Crippen LogP contribution >= 0.6 is 0 Å². The van der Waals surface area contributed by atoms with Gasteiger partial charge in [0.25, 0.3) is 0 Å². The van der Waals surface area contributed by atoms with Crippen LogP contribution in [0.1, 0.15) is 6.92 Å². The molecule has 0 atom stereocenters. The molecular formula is C10H18N6. The van der Waals surface area contributed by atoms with Crippen molar-refractivity contribution in [3.63, 3.8) is 0 Å². The van der Waals surface area contributed by atoms with Crippen LogP contribution < -0.4 is 21.3 Å². The third kappa shape index (κ3) is 2.16. The molecule has 2 heterocycles. The van der Waals surface area contributed by atoms with Crippen molar-refractivity contribution >= 4 is 17.6 Å². The molecule has 6 heteroatoms. The Morgan fingerprint density at radius 1 is 1.50 bits per heavy atom. The summed E-state index contributed by atoms with van der Waals surface area (Å²) in [4.78, 5) is 10.5. The molecule has 4 N–H and O–H groups in total. The van der Waals surface area contributed by atoms with Crippen LogP contribution in [-0.4, -0.2) is 42.7 Å². The topological polar surface area (TPSA) is 79.1 Å². The summed E-state index contributed by atoms with van der Waals surface area (Å²) in [6.45, 7) is 4.80. The Hall–Kier alpha value is -1.56. The molecule has 0 unspecified atom stereocenters. The Labute approximate surface area is 95.3 Å². The fraction of sp³-hybridized carbons (Fsp3) is 0.600. The first-order valence-electron chi connectivity index (χ1n) is 5.53. The fourth-order valence-corrected chi connectivity index (χ4v) is 1.73. The summed E-state index contributed by atoms with van der Waals surface area (Å²) in [6.07, 6.45) is 0. The van der Waals surface area contributed by atoms with Crippen LogP contribution in [0.3, 0.4) is 0 Å². The molecule has 1 saturated heterocycles. The predicted octanol–water partition coefficient (Wildman–Crippen LogP) is -0.101. The van der Waals surface area contributed by atoms with Crippen molar-refractivity contribution in [2.75, 3.05) is 42.6 Å². The van der Waals surface area contributed by atoms with Crippen LogP contribution in [-0.2, 0) is 0 Å². The highest BCUT2D eigenvalue weighted by atomic mass is 15.3. The number of nitrogen functional groups attached to an aromatic ring is 1. The van der Waals surface area contributed by atoms with Crippen LogP contribution in [0.2, 0.25) is 0 Å². The SMILES string of the molecule is CCNc1cc(N2CC(NC)C2)nc(N)n1. The maximum absolute atomic E-state index is 5.67. The summed E-state index contributed by atoms with van der Waals surface area (Å²) >= 11 is 0. The van der Waals surface area contributed by atoms with Gasteiger partial charge in [-0.25, -0.2) is 0 Å². The molecule has 0 aromatic carbocycles. The second-order valence-corrected chi connectivity index (χ2v) is 3.89. The standard InChI is InChI=1S/C10H18N6/c1-3-13-8-4-9(15-10(11)14-8)16-5-7(6-16)12-2/h4,7,12H,3,5-6H2,1-2H3,(H3,11,13,14,15). The van der Waals surface area contributed by atoms with Gasteiger partial charge in [0.05, 0.1) is 0 Å². The lowest BCUT2D eigenvalue weighted by molar-refractivity contribution is 0.447. The lowest BCUT2D eigenvalue weighted by atomic mass is 10.1. The zero-order valence-electron chi connectivity index (χ0n) is 9.70. The molecule has 1 aromatic rings. The van der Waals surface area contributed by atoms with E-state index in [0.29, 0.717) is 12.0 Å². The van der Waals surface area contributed by atoms with Crippen molar-refractivity contribution in [2.45, 2.75) is 13.0 Å². The fourth-order valence-electron chi connectivity index (χ4n) is 1.73. The average molecular weight is 222 g/mol. The molecule has 1 aliphatic heterocycles. The van der Waals surface area contributed by atoms with E-state index in [9.17, 15) is 0 Å².